The number of hydrogen-bond acceptors (Lipinski definition) is 7. The molecule has 2 unspecified atom stereocenters. The number of aryl methyl sites for hydroxylation is 2. The number of amides is 2. The lowest BCUT2D eigenvalue weighted by Crippen LogP contribution is -2.56. The summed E-state index contributed by atoms with van der Waals surface area (Å²) in [5, 5.41) is 12.3. The number of aromatic nitrogens is 2. The quantitative estimate of drug-likeness (QED) is 0.123. The molecule has 3 saturated carbocycles. The molecule has 0 radical (unpaired) electrons. The van der Waals surface area contributed by atoms with Crippen LogP contribution in [0.25, 0.3) is 21.8 Å². The van der Waals surface area contributed by atoms with Gasteiger partial charge in [0.1, 0.15) is 0 Å². The molecule has 5 aliphatic rings. The number of anilines is 2. The zero-order valence-electron chi connectivity index (χ0n) is 28.7. The molecular formula is C38H41ClN4O7. The Bertz CT molecular complexity index is 1960. The first-order valence-corrected chi connectivity index (χ1v) is 17.9. The number of halogens is 1. The minimum atomic E-state index is -0.633. The number of benzene rings is 2. The van der Waals surface area contributed by atoms with E-state index in [-0.39, 0.29) is 30.3 Å². The predicted molar refractivity (Wildman–Crippen MR) is 189 cm³/mol. The average Bonchev–Trinajstić information content (AvgIpc) is 3.87. The summed E-state index contributed by atoms with van der Waals surface area (Å²) in [7, 11) is 0. The molecule has 0 saturated heterocycles. The largest absolute Gasteiger partial charge is 0.424 e. The first-order valence-electron chi connectivity index (χ1n) is 17.4. The second-order valence-electron chi connectivity index (χ2n) is 14.9. The molecule has 262 valence electrons. The third-order valence-corrected chi connectivity index (χ3v) is 12.4. The summed E-state index contributed by atoms with van der Waals surface area (Å²) in [5.74, 6) is -0.132. The molecule has 50 heavy (non-hydrogen) atoms. The number of aromatic amines is 2. The number of aliphatic hydroxyl groups is 1. The van der Waals surface area contributed by atoms with Crippen molar-refractivity contribution in [2.75, 3.05) is 35.4 Å². The summed E-state index contributed by atoms with van der Waals surface area (Å²) in [5.41, 5.74) is 5.38. The Morgan fingerprint density at radius 1 is 0.760 bits per heavy atom. The number of carbonyl (C=O) groups is 4. The molecule has 12 heteroatoms. The molecule has 11 nitrogen and oxygen atoms in total. The molecule has 3 aliphatic carbocycles. The second-order valence-corrected chi connectivity index (χ2v) is 15.2. The summed E-state index contributed by atoms with van der Waals surface area (Å²) >= 11 is 6.53. The van der Waals surface area contributed by atoms with Gasteiger partial charge in [0, 0.05) is 90.8 Å². The van der Waals surface area contributed by atoms with Crippen LogP contribution in [-0.2, 0) is 19.2 Å². The Balaban J connectivity index is 1.10. The van der Waals surface area contributed by atoms with E-state index in [1.54, 1.807) is 17.0 Å². The van der Waals surface area contributed by atoms with E-state index in [0.29, 0.717) is 80.2 Å². The lowest BCUT2D eigenvalue weighted by atomic mass is 9.53. The van der Waals surface area contributed by atoms with Crippen molar-refractivity contribution in [1.29, 1.82) is 0 Å². The summed E-state index contributed by atoms with van der Waals surface area (Å²) in [6, 6.07) is 3.55. The average molecular weight is 701 g/mol. The van der Waals surface area contributed by atoms with Crippen LogP contribution in [0.4, 0.5) is 11.4 Å². The Morgan fingerprint density at radius 3 is 1.54 bits per heavy atom. The Hall–Kier alpha value is -4.35. The number of fused-ring (bicyclic) bond motifs is 9. The molecular weight excluding hydrogens is 660 g/mol. The van der Waals surface area contributed by atoms with Gasteiger partial charge in [0.15, 0.2) is 11.5 Å². The fraction of sp³-hybridized carbons (Fsp3) is 0.474. The van der Waals surface area contributed by atoms with E-state index in [1.165, 1.54) is 13.8 Å². The third kappa shape index (κ3) is 4.65. The lowest BCUT2D eigenvalue weighted by molar-refractivity contribution is -0.147. The van der Waals surface area contributed by atoms with Crippen LogP contribution in [0.1, 0.15) is 86.5 Å². The molecule has 4 heterocycles. The number of nitrogens with zero attached hydrogens (tertiary/aromatic N) is 2. The molecule has 2 atom stereocenters. The predicted octanol–water partition coefficient (Wildman–Crippen LogP) is 6.25. The fourth-order valence-corrected chi connectivity index (χ4v) is 9.81. The highest BCUT2D eigenvalue weighted by Crippen LogP contribution is 2.60. The SMILES string of the molecule is CC(=O)Oc1cc2c(c3c(C)c[nH]c13)C(CO)CN2C(=O)C12CCC(C(=O)N3CC(CCl)c4c3cc(OC(C)=O)c3[nH]cc(C)c43)(CC1)CC2. The van der Waals surface area contributed by atoms with E-state index in [9.17, 15) is 24.3 Å². The first kappa shape index (κ1) is 32.8. The molecule has 2 aromatic carbocycles. The molecule has 0 spiro atoms. The number of ether oxygens (including phenoxy) is 2. The maximum atomic E-state index is 14.7. The van der Waals surface area contributed by atoms with E-state index in [2.05, 4.69) is 9.97 Å². The minimum absolute atomic E-state index is 0.00170. The number of nitrogens with one attached hydrogen (secondary N) is 2. The van der Waals surface area contributed by atoms with Crippen molar-refractivity contribution < 1.29 is 33.8 Å². The van der Waals surface area contributed by atoms with Crippen LogP contribution < -0.4 is 19.3 Å². The number of carbonyl (C=O) groups excluding carboxylic acids is 4. The van der Waals surface area contributed by atoms with Gasteiger partial charge >= 0.3 is 11.9 Å². The molecule has 2 aromatic heterocycles. The standard InChI is InChI=1S/C38H41ClN4O7/c1-19-14-40-33-27(49-21(3)45)11-25-31(29(19)33)23(13-39)16-42(25)35(47)37-5-8-38(9-6-37,10-7-37)36(48)43-17-24(18-44)32-26(43)12-28(50-22(4)46)34-30(32)20(2)15-41-34/h11-12,14-15,23-24,40-41,44H,5-10,13,16-18H2,1-4H3. The number of esters is 2. The smallest absolute Gasteiger partial charge is 0.308 e. The van der Waals surface area contributed by atoms with Gasteiger partial charge < -0.3 is 34.3 Å². The van der Waals surface area contributed by atoms with Gasteiger partial charge in [0.25, 0.3) is 0 Å². The monoisotopic (exact) mass is 700 g/mol. The number of rotatable bonds is 6. The van der Waals surface area contributed by atoms with Crippen molar-refractivity contribution >= 4 is 68.5 Å². The van der Waals surface area contributed by atoms with Crippen molar-refractivity contribution in [2.24, 2.45) is 10.8 Å². The van der Waals surface area contributed by atoms with Gasteiger partial charge in [0.05, 0.1) is 29.0 Å². The molecule has 4 aromatic rings. The molecule has 2 amide bonds. The van der Waals surface area contributed by atoms with Crippen LogP contribution in [0, 0.1) is 24.7 Å². The highest BCUT2D eigenvalue weighted by atomic mass is 35.5. The van der Waals surface area contributed by atoms with Gasteiger partial charge in [-0.2, -0.15) is 0 Å². The fourth-order valence-electron chi connectivity index (χ4n) is 9.55. The highest BCUT2D eigenvalue weighted by Gasteiger charge is 2.58. The summed E-state index contributed by atoms with van der Waals surface area (Å²) < 4.78 is 11.2. The van der Waals surface area contributed by atoms with E-state index in [1.807, 2.05) is 31.1 Å². The van der Waals surface area contributed by atoms with Crippen molar-refractivity contribution in [1.82, 2.24) is 9.97 Å². The molecule has 9 rings (SSSR count). The van der Waals surface area contributed by atoms with Gasteiger partial charge in [0.2, 0.25) is 11.8 Å². The van der Waals surface area contributed by atoms with E-state index in [4.69, 9.17) is 21.1 Å². The van der Waals surface area contributed by atoms with Gasteiger partial charge in [-0.25, -0.2) is 0 Å². The molecule has 2 bridgehead atoms. The van der Waals surface area contributed by atoms with Crippen molar-refractivity contribution in [2.45, 2.75) is 78.1 Å². The minimum Gasteiger partial charge on any atom is -0.424 e. The number of alkyl halides is 1. The van der Waals surface area contributed by atoms with E-state index < -0.39 is 22.8 Å². The summed E-state index contributed by atoms with van der Waals surface area (Å²) in [4.78, 5) is 63.6. The van der Waals surface area contributed by atoms with Gasteiger partial charge in [-0.05, 0) is 74.6 Å². The molecule has 3 fully saturated rings. The number of hydrogen-bond donors (Lipinski definition) is 3. The maximum absolute atomic E-state index is 14.7. The topological polar surface area (TPSA) is 145 Å². The van der Waals surface area contributed by atoms with Crippen LogP contribution in [0.2, 0.25) is 0 Å². The van der Waals surface area contributed by atoms with Crippen LogP contribution >= 0.6 is 11.6 Å². The Morgan fingerprint density at radius 2 is 1.16 bits per heavy atom. The summed E-state index contributed by atoms with van der Waals surface area (Å²) in [6.07, 6.45) is 7.19. The first-order chi connectivity index (χ1) is 23.9. The lowest BCUT2D eigenvalue weighted by Gasteiger charge is -2.53. The van der Waals surface area contributed by atoms with Gasteiger partial charge in [-0.1, -0.05) is 0 Å². The zero-order chi connectivity index (χ0) is 35.3. The van der Waals surface area contributed by atoms with Gasteiger partial charge in [-0.15, -0.1) is 11.6 Å². The highest BCUT2D eigenvalue weighted by molar-refractivity contribution is 6.19. The summed E-state index contributed by atoms with van der Waals surface area (Å²) in [6.45, 7) is 7.32. The Kier molecular flexibility index (Phi) is 7.61. The second kappa shape index (κ2) is 11.6. The van der Waals surface area contributed by atoms with Crippen molar-refractivity contribution in [3.8, 4) is 11.5 Å². The van der Waals surface area contributed by atoms with E-state index in [0.717, 1.165) is 44.2 Å². The van der Waals surface area contributed by atoms with Crippen molar-refractivity contribution in [3.63, 3.8) is 0 Å². The number of H-pyrrole nitrogens is 2. The number of aliphatic hydroxyl groups excluding tert-OH is 1. The third-order valence-electron chi connectivity index (χ3n) is 12.0. The Labute approximate surface area is 294 Å². The van der Waals surface area contributed by atoms with Crippen LogP contribution in [0.5, 0.6) is 11.5 Å². The van der Waals surface area contributed by atoms with Crippen LogP contribution in [0.3, 0.4) is 0 Å². The van der Waals surface area contributed by atoms with Crippen molar-refractivity contribution in [3.05, 3.63) is 46.8 Å². The molecule has 3 N–H and O–H groups in total. The van der Waals surface area contributed by atoms with Crippen LogP contribution in [-0.4, -0.2) is 64.4 Å². The molecule has 2 aliphatic heterocycles. The van der Waals surface area contributed by atoms with E-state index >= 15 is 0 Å². The van der Waals surface area contributed by atoms with Crippen LogP contribution in [0.15, 0.2) is 24.5 Å². The zero-order valence-corrected chi connectivity index (χ0v) is 29.5. The normalized spacial score (nSPS) is 25.3. The van der Waals surface area contributed by atoms with Gasteiger partial charge in [-0.3, -0.25) is 19.2 Å². The maximum Gasteiger partial charge on any atom is 0.308 e.